The first-order valence-corrected chi connectivity index (χ1v) is 7.10. The molecule has 0 saturated carbocycles. The summed E-state index contributed by atoms with van der Waals surface area (Å²) in [5, 5.41) is 3.92. The fourth-order valence-corrected chi connectivity index (χ4v) is 2.36. The number of aromatic nitrogens is 4. The van der Waals surface area contributed by atoms with Gasteiger partial charge in [-0.15, -0.1) is 0 Å². The average Bonchev–Trinajstić information content (AvgIpc) is 2.36. The number of nitrogen functional groups attached to an aromatic ring is 1. The first-order valence-electron chi connectivity index (χ1n) is 5.58. The zero-order valence-corrected chi connectivity index (χ0v) is 14.4. The van der Waals surface area contributed by atoms with E-state index in [0.717, 1.165) is 0 Å². The Morgan fingerprint density at radius 2 is 1.10 bits per heavy atom. The van der Waals surface area contributed by atoms with Gasteiger partial charge in [0.1, 0.15) is 23.0 Å². The van der Waals surface area contributed by atoms with Gasteiger partial charge in [0.25, 0.3) is 0 Å². The van der Waals surface area contributed by atoms with Crippen molar-refractivity contribution in [2.75, 3.05) is 18.1 Å². The van der Waals surface area contributed by atoms with Crippen LogP contribution in [0.2, 0.25) is 20.6 Å². The Bertz CT molecular complexity index is 603. The standard InChI is InChI=1S/C6H7Cl2N3.C5H5Cl2N3/c1-3-10-5(7)4(9-2)6(8)11-3;1-2-9-4(6)3(8)5(7)10-2/h9H,1-2H3;8H2,1H3. The monoisotopic (exact) mass is 368 g/mol. The van der Waals surface area contributed by atoms with Gasteiger partial charge in [0.15, 0.2) is 20.6 Å². The third kappa shape index (κ3) is 5.00. The molecule has 3 N–H and O–H groups in total. The normalized spacial score (nSPS) is 9.86. The van der Waals surface area contributed by atoms with Crippen LogP contribution in [-0.2, 0) is 0 Å². The molecule has 2 aromatic rings. The van der Waals surface area contributed by atoms with Gasteiger partial charge in [-0.1, -0.05) is 46.4 Å². The van der Waals surface area contributed by atoms with Crippen molar-refractivity contribution in [1.82, 2.24) is 19.9 Å². The summed E-state index contributed by atoms with van der Waals surface area (Å²) >= 11 is 22.6. The minimum Gasteiger partial charge on any atom is -0.394 e. The lowest BCUT2D eigenvalue weighted by Crippen LogP contribution is -1.97. The Balaban J connectivity index is 0.000000211. The van der Waals surface area contributed by atoms with Crippen LogP contribution in [-0.4, -0.2) is 27.0 Å². The molecule has 2 rings (SSSR count). The van der Waals surface area contributed by atoms with Gasteiger partial charge in [-0.25, -0.2) is 19.9 Å². The van der Waals surface area contributed by atoms with Crippen molar-refractivity contribution in [1.29, 1.82) is 0 Å². The van der Waals surface area contributed by atoms with E-state index in [0.29, 0.717) is 27.6 Å². The molecule has 0 fully saturated rings. The van der Waals surface area contributed by atoms with E-state index in [2.05, 4.69) is 25.3 Å². The zero-order valence-electron chi connectivity index (χ0n) is 11.4. The van der Waals surface area contributed by atoms with Crippen molar-refractivity contribution in [3.8, 4) is 0 Å². The Labute approximate surface area is 142 Å². The fraction of sp³-hybridized carbons (Fsp3) is 0.273. The van der Waals surface area contributed by atoms with Crippen molar-refractivity contribution < 1.29 is 0 Å². The second kappa shape index (κ2) is 7.79. The van der Waals surface area contributed by atoms with Crippen LogP contribution in [0.1, 0.15) is 11.6 Å². The third-order valence-electron chi connectivity index (χ3n) is 2.15. The van der Waals surface area contributed by atoms with E-state index < -0.39 is 0 Å². The van der Waals surface area contributed by atoms with E-state index >= 15 is 0 Å². The van der Waals surface area contributed by atoms with E-state index in [1.54, 1.807) is 20.9 Å². The molecule has 0 atom stereocenters. The number of halogens is 4. The summed E-state index contributed by atoms with van der Waals surface area (Å²) < 4.78 is 0. The van der Waals surface area contributed by atoms with Crippen molar-refractivity contribution >= 4 is 57.8 Å². The maximum atomic E-state index is 5.74. The molecule has 0 bridgehead atoms. The minimum absolute atomic E-state index is 0.206. The van der Waals surface area contributed by atoms with Crippen molar-refractivity contribution in [2.24, 2.45) is 0 Å². The van der Waals surface area contributed by atoms with Crippen LogP contribution in [0, 0.1) is 13.8 Å². The molecule has 0 spiro atoms. The van der Waals surface area contributed by atoms with Gasteiger partial charge in [-0.3, -0.25) is 0 Å². The lowest BCUT2D eigenvalue weighted by Gasteiger charge is -2.04. The number of hydrogen-bond donors (Lipinski definition) is 2. The van der Waals surface area contributed by atoms with E-state index in [1.807, 2.05) is 0 Å². The molecule has 0 aliphatic heterocycles. The third-order valence-corrected chi connectivity index (χ3v) is 3.27. The van der Waals surface area contributed by atoms with Crippen LogP contribution in [0.4, 0.5) is 11.4 Å². The topological polar surface area (TPSA) is 89.6 Å². The Morgan fingerprint density at radius 3 is 1.43 bits per heavy atom. The smallest absolute Gasteiger partial charge is 0.157 e. The predicted octanol–water partition coefficient (Wildman–Crippen LogP) is 3.81. The minimum atomic E-state index is 0.206. The van der Waals surface area contributed by atoms with Gasteiger partial charge in [0.2, 0.25) is 0 Å². The van der Waals surface area contributed by atoms with Crippen molar-refractivity contribution in [3.63, 3.8) is 0 Å². The number of anilines is 2. The number of hydrogen-bond acceptors (Lipinski definition) is 6. The largest absolute Gasteiger partial charge is 0.394 e. The molecule has 0 saturated heterocycles. The van der Waals surface area contributed by atoms with Crippen LogP contribution >= 0.6 is 46.4 Å². The highest BCUT2D eigenvalue weighted by Crippen LogP contribution is 2.25. The SMILES string of the molecule is CNc1c(Cl)nc(C)nc1Cl.Cc1nc(Cl)c(N)c(Cl)n1. The molecule has 0 aliphatic rings. The molecule has 2 heterocycles. The second-order valence-electron chi connectivity index (χ2n) is 3.74. The van der Waals surface area contributed by atoms with Crippen LogP contribution in [0.15, 0.2) is 0 Å². The maximum Gasteiger partial charge on any atom is 0.157 e. The summed E-state index contributed by atoms with van der Waals surface area (Å²) in [6, 6.07) is 0. The van der Waals surface area contributed by atoms with Crippen LogP contribution in [0.25, 0.3) is 0 Å². The Kier molecular flexibility index (Phi) is 6.67. The number of nitrogens with zero attached hydrogens (tertiary/aromatic N) is 4. The molecular formula is C11H12Cl4N6. The fourth-order valence-electron chi connectivity index (χ4n) is 1.23. The lowest BCUT2D eigenvalue weighted by atomic mass is 10.5. The Morgan fingerprint density at radius 1 is 0.762 bits per heavy atom. The van der Waals surface area contributed by atoms with E-state index in [-0.39, 0.29) is 16.0 Å². The lowest BCUT2D eigenvalue weighted by molar-refractivity contribution is 1.05. The molecule has 10 heteroatoms. The summed E-state index contributed by atoms with van der Waals surface area (Å²) in [6.45, 7) is 3.42. The molecule has 114 valence electrons. The van der Waals surface area contributed by atoms with Gasteiger partial charge in [0.05, 0.1) is 0 Å². The summed E-state index contributed by atoms with van der Waals surface area (Å²) in [5.41, 5.74) is 6.16. The van der Waals surface area contributed by atoms with Crippen LogP contribution in [0.3, 0.4) is 0 Å². The summed E-state index contributed by atoms with van der Waals surface area (Å²) in [4.78, 5) is 15.4. The number of nitrogens with two attached hydrogens (primary N) is 1. The first-order chi connectivity index (χ1) is 9.76. The van der Waals surface area contributed by atoms with Gasteiger partial charge in [0, 0.05) is 7.05 Å². The average molecular weight is 370 g/mol. The highest BCUT2D eigenvalue weighted by atomic mass is 35.5. The van der Waals surface area contributed by atoms with Gasteiger partial charge in [-0.2, -0.15) is 0 Å². The summed E-state index contributed by atoms with van der Waals surface area (Å²) in [5.74, 6) is 1.09. The predicted molar refractivity (Wildman–Crippen MR) is 87.5 cm³/mol. The molecule has 2 aromatic heterocycles. The molecule has 0 radical (unpaired) electrons. The number of aryl methyl sites for hydroxylation is 2. The van der Waals surface area contributed by atoms with Gasteiger partial charge >= 0.3 is 0 Å². The highest BCUT2D eigenvalue weighted by Gasteiger charge is 2.06. The molecule has 0 amide bonds. The molecule has 21 heavy (non-hydrogen) atoms. The summed E-state index contributed by atoms with van der Waals surface area (Å²) in [7, 11) is 1.71. The van der Waals surface area contributed by atoms with E-state index in [1.165, 1.54) is 0 Å². The maximum absolute atomic E-state index is 5.74. The van der Waals surface area contributed by atoms with E-state index in [4.69, 9.17) is 52.1 Å². The quantitative estimate of drug-likeness (QED) is 0.743. The molecule has 0 aromatic carbocycles. The summed E-state index contributed by atoms with van der Waals surface area (Å²) in [6.07, 6.45) is 0. The van der Waals surface area contributed by atoms with Gasteiger partial charge < -0.3 is 11.1 Å². The molecule has 6 nitrogen and oxygen atoms in total. The zero-order chi connectivity index (χ0) is 16.2. The van der Waals surface area contributed by atoms with E-state index in [9.17, 15) is 0 Å². The van der Waals surface area contributed by atoms with Gasteiger partial charge in [-0.05, 0) is 13.8 Å². The molecular weight excluding hydrogens is 358 g/mol. The molecule has 0 unspecified atom stereocenters. The van der Waals surface area contributed by atoms with Crippen LogP contribution < -0.4 is 11.1 Å². The van der Waals surface area contributed by atoms with Crippen molar-refractivity contribution in [2.45, 2.75) is 13.8 Å². The van der Waals surface area contributed by atoms with Crippen molar-refractivity contribution in [3.05, 3.63) is 32.3 Å². The number of rotatable bonds is 1. The Hall–Kier alpha value is -1.08. The first kappa shape index (κ1) is 18.0. The number of nitrogens with one attached hydrogen (secondary N) is 1. The highest BCUT2D eigenvalue weighted by molar-refractivity contribution is 6.37. The molecule has 0 aliphatic carbocycles. The van der Waals surface area contributed by atoms with Crippen LogP contribution in [0.5, 0.6) is 0 Å². The second-order valence-corrected chi connectivity index (χ2v) is 5.18.